The van der Waals surface area contributed by atoms with Gasteiger partial charge in [-0.2, -0.15) is 0 Å². The van der Waals surface area contributed by atoms with Gasteiger partial charge < -0.3 is 14.7 Å². The Bertz CT molecular complexity index is 378. The minimum Gasteiger partial charge on any atom is -0.507 e. The molecule has 1 saturated heterocycles. The van der Waals surface area contributed by atoms with E-state index in [9.17, 15) is 5.11 Å². The van der Waals surface area contributed by atoms with E-state index in [0.29, 0.717) is 5.75 Å². The summed E-state index contributed by atoms with van der Waals surface area (Å²) >= 11 is 0. The van der Waals surface area contributed by atoms with E-state index in [1.807, 2.05) is 6.07 Å². The quantitative estimate of drug-likeness (QED) is 0.827. The molecule has 1 aromatic carbocycles. The molecule has 1 unspecified atom stereocenters. The summed E-state index contributed by atoms with van der Waals surface area (Å²) in [5.41, 5.74) is 0.994. The monoisotopic (exact) mass is 236 g/mol. The number of hydrogen-bond donors (Lipinski definition) is 2. The molecule has 3 nitrogen and oxygen atoms in total. The second-order valence-electron chi connectivity index (χ2n) is 5.12. The molecule has 1 aliphatic rings. The largest absolute Gasteiger partial charge is 0.507 e. The van der Waals surface area contributed by atoms with Crippen LogP contribution in [0.15, 0.2) is 18.2 Å². The average molecular weight is 236 g/mol. The zero-order valence-corrected chi connectivity index (χ0v) is 10.7. The van der Waals surface area contributed by atoms with Gasteiger partial charge in [-0.3, -0.25) is 0 Å². The van der Waals surface area contributed by atoms with Gasteiger partial charge in [0.15, 0.2) is 0 Å². The molecule has 2 rings (SSSR count). The highest BCUT2D eigenvalue weighted by Crippen LogP contribution is 2.22. The lowest BCUT2D eigenvalue weighted by Crippen LogP contribution is -3.12. The second-order valence-corrected chi connectivity index (χ2v) is 5.12. The number of ether oxygens (including phenoxy) is 1. The number of hydrogen-bond acceptors (Lipinski definition) is 2. The molecule has 0 aliphatic carbocycles. The third-order valence-electron chi connectivity index (χ3n) is 3.59. The van der Waals surface area contributed by atoms with E-state index in [-0.39, 0.29) is 0 Å². The summed E-state index contributed by atoms with van der Waals surface area (Å²) in [6, 6.07) is 5.47. The normalized spacial score (nSPS) is 24.6. The molecule has 0 spiro atoms. The maximum Gasteiger partial charge on any atom is 0.124 e. The first-order valence-corrected chi connectivity index (χ1v) is 6.38. The number of methoxy groups -OCH3 is 1. The van der Waals surface area contributed by atoms with Gasteiger partial charge in [0.2, 0.25) is 0 Å². The predicted octanol–water partition coefficient (Wildman–Crippen LogP) is 1.22. The Morgan fingerprint density at radius 1 is 1.47 bits per heavy atom. The van der Waals surface area contributed by atoms with Crippen LogP contribution in [0.2, 0.25) is 0 Å². The molecular weight excluding hydrogens is 214 g/mol. The lowest BCUT2D eigenvalue weighted by atomic mass is 9.99. The van der Waals surface area contributed by atoms with Crippen molar-refractivity contribution in [2.45, 2.75) is 26.3 Å². The zero-order valence-electron chi connectivity index (χ0n) is 10.7. The van der Waals surface area contributed by atoms with Gasteiger partial charge in [0, 0.05) is 5.92 Å². The number of phenolic OH excluding ortho intramolecular Hbond substituents is 1. The molecule has 1 aromatic rings. The van der Waals surface area contributed by atoms with Gasteiger partial charge in [-0.1, -0.05) is 6.92 Å². The van der Waals surface area contributed by atoms with Crippen molar-refractivity contribution in [2.75, 3.05) is 20.2 Å². The van der Waals surface area contributed by atoms with Crippen LogP contribution in [0.25, 0.3) is 0 Å². The predicted molar refractivity (Wildman–Crippen MR) is 67.5 cm³/mol. The number of aromatic hydroxyl groups is 1. The third kappa shape index (κ3) is 3.13. The van der Waals surface area contributed by atoms with E-state index in [4.69, 9.17) is 4.74 Å². The standard InChI is InChI=1S/C14H21NO2/c1-11-4-3-7-15(9-11)10-12-8-13(17-2)5-6-14(12)16/h5-6,8,11,16H,3-4,7,9-10H2,1-2H3/p+1/t11-/m1/s1. The van der Waals surface area contributed by atoms with Crippen LogP contribution in [0.5, 0.6) is 11.5 Å². The molecule has 17 heavy (non-hydrogen) atoms. The topological polar surface area (TPSA) is 33.9 Å². The van der Waals surface area contributed by atoms with Gasteiger partial charge in [0.25, 0.3) is 0 Å². The molecule has 2 N–H and O–H groups in total. The van der Waals surface area contributed by atoms with Crippen LogP contribution in [-0.2, 0) is 6.54 Å². The Hall–Kier alpha value is -1.22. The fourth-order valence-corrected chi connectivity index (χ4v) is 2.66. The van der Waals surface area contributed by atoms with E-state index >= 15 is 0 Å². The fraction of sp³-hybridized carbons (Fsp3) is 0.571. The number of likely N-dealkylation sites (tertiary alicyclic amines) is 1. The van der Waals surface area contributed by atoms with Crippen molar-refractivity contribution in [3.63, 3.8) is 0 Å². The van der Waals surface area contributed by atoms with Crippen molar-refractivity contribution in [3.05, 3.63) is 23.8 Å². The van der Waals surface area contributed by atoms with Crippen molar-refractivity contribution in [3.8, 4) is 11.5 Å². The highest BCUT2D eigenvalue weighted by molar-refractivity contribution is 5.38. The van der Waals surface area contributed by atoms with E-state index < -0.39 is 0 Å². The van der Waals surface area contributed by atoms with Crippen LogP contribution in [0.4, 0.5) is 0 Å². The summed E-state index contributed by atoms with van der Waals surface area (Å²) in [7, 11) is 1.66. The number of phenols is 1. The van der Waals surface area contributed by atoms with Crippen molar-refractivity contribution in [2.24, 2.45) is 5.92 Å². The first kappa shape index (κ1) is 12.2. The fourth-order valence-electron chi connectivity index (χ4n) is 2.66. The van der Waals surface area contributed by atoms with Crippen molar-refractivity contribution in [1.29, 1.82) is 0 Å². The van der Waals surface area contributed by atoms with E-state index in [1.54, 1.807) is 24.1 Å². The maximum absolute atomic E-state index is 9.86. The molecule has 0 aromatic heterocycles. The van der Waals surface area contributed by atoms with Crippen LogP contribution >= 0.6 is 0 Å². The first-order chi connectivity index (χ1) is 8.19. The molecule has 2 atom stereocenters. The van der Waals surface area contributed by atoms with Crippen molar-refractivity contribution < 1.29 is 14.7 Å². The Balaban J connectivity index is 2.06. The van der Waals surface area contributed by atoms with Gasteiger partial charge in [-0.25, -0.2) is 0 Å². The van der Waals surface area contributed by atoms with Gasteiger partial charge in [0.05, 0.1) is 25.8 Å². The maximum atomic E-state index is 9.86. The van der Waals surface area contributed by atoms with Gasteiger partial charge in [-0.05, 0) is 31.0 Å². The Kier molecular flexibility index (Phi) is 3.89. The highest BCUT2D eigenvalue weighted by atomic mass is 16.5. The molecule has 0 radical (unpaired) electrons. The van der Waals surface area contributed by atoms with Gasteiger partial charge >= 0.3 is 0 Å². The minimum absolute atomic E-state index is 0.386. The smallest absolute Gasteiger partial charge is 0.124 e. The molecule has 0 amide bonds. The molecule has 0 saturated carbocycles. The summed E-state index contributed by atoms with van der Waals surface area (Å²) in [6.45, 7) is 5.62. The molecule has 0 bridgehead atoms. The number of quaternary nitrogens is 1. The lowest BCUT2D eigenvalue weighted by Gasteiger charge is -2.28. The Morgan fingerprint density at radius 2 is 2.29 bits per heavy atom. The SMILES string of the molecule is COc1ccc(O)c(C[NH+]2CCC[C@@H](C)C2)c1. The second kappa shape index (κ2) is 5.41. The summed E-state index contributed by atoms with van der Waals surface area (Å²) in [5, 5.41) is 9.86. The average Bonchev–Trinajstić information content (AvgIpc) is 2.32. The van der Waals surface area contributed by atoms with Crippen LogP contribution in [0.1, 0.15) is 25.3 Å². The van der Waals surface area contributed by atoms with E-state index in [2.05, 4.69) is 6.92 Å². The van der Waals surface area contributed by atoms with Crippen LogP contribution in [0, 0.1) is 5.92 Å². The number of nitrogens with one attached hydrogen (secondary N) is 1. The molecule has 1 heterocycles. The van der Waals surface area contributed by atoms with Crippen molar-refractivity contribution in [1.82, 2.24) is 0 Å². The summed E-state index contributed by atoms with van der Waals surface area (Å²) < 4.78 is 5.20. The van der Waals surface area contributed by atoms with E-state index in [1.165, 1.54) is 25.9 Å². The van der Waals surface area contributed by atoms with Gasteiger partial charge in [0.1, 0.15) is 18.0 Å². The molecule has 1 fully saturated rings. The van der Waals surface area contributed by atoms with E-state index in [0.717, 1.165) is 23.8 Å². The minimum atomic E-state index is 0.386. The molecule has 94 valence electrons. The third-order valence-corrected chi connectivity index (χ3v) is 3.59. The molecule has 1 aliphatic heterocycles. The molecule has 3 heteroatoms. The lowest BCUT2D eigenvalue weighted by molar-refractivity contribution is -0.922. The number of rotatable bonds is 3. The van der Waals surface area contributed by atoms with Gasteiger partial charge in [-0.15, -0.1) is 0 Å². The first-order valence-electron chi connectivity index (χ1n) is 6.38. The van der Waals surface area contributed by atoms with Crippen LogP contribution in [-0.4, -0.2) is 25.3 Å². The van der Waals surface area contributed by atoms with Crippen LogP contribution in [0.3, 0.4) is 0 Å². The summed E-state index contributed by atoms with van der Waals surface area (Å²) in [6.07, 6.45) is 2.63. The van der Waals surface area contributed by atoms with Crippen molar-refractivity contribution >= 4 is 0 Å². The number of piperidine rings is 1. The summed E-state index contributed by atoms with van der Waals surface area (Å²) in [5.74, 6) is 2.00. The highest BCUT2D eigenvalue weighted by Gasteiger charge is 2.20. The number of benzene rings is 1. The Labute approximate surface area is 103 Å². The zero-order chi connectivity index (χ0) is 12.3. The summed E-state index contributed by atoms with van der Waals surface area (Å²) in [4.78, 5) is 1.56. The molecular formula is C14H22NO2+. The Morgan fingerprint density at radius 3 is 3.00 bits per heavy atom. The van der Waals surface area contributed by atoms with Crippen LogP contribution < -0.4 is 9.64 Å².